The molecule has 2 saturated heterocycles. The average Bonchev–Trinajstić information content (AvgIpc) is 3.28. The number of amides is 3. The number of carbonyl (C=O) groups is 4. The van der Waals surface area contributed by atoms with Crippen LogP contribution < -0.4 is 10.2 Å². The number of nitrogens with one attached hydrogen (secondary N) is 1. The molecule has 1 unspecified atom stereocenters. The van der Waals surface area contributed by atoms with Gasteiger partial charge in [0, 0.05) is 50.5 Å². The van der Waals surface area contributed by atoms with Crippen LogP contribution in [0.3, 0.4) is 0 Å². The van der Waals surface area contributed by atoms with Gasteiger partial charge in [-0.15, -0.1) is 0 Å². The molecule has 1 aliphatic carbocycles. The highest BCUT2D eigenvalue weighted by atomic mass is 16.6. The Kier molecular flexibility index (Phi) is 5.79. The van der Waals surface area contributed by atoms with Gasteiger partial charge in [0.1, 0.15) is 11.5 Å². The summed E-state index contributed by atoms with van der Waals surface area (Å²) in [6, 6.07) is 12.0. The lowest BCUT2D eigenvalue weighted by atomic mass is 9.95. The van der Waals surface area contributed by atoms with Crippen molar-refractivity contribution in [3.05, 3.63) is 47.8 Å². The monoisotopic (exact) mass is 529 g/mol. The van der Waals surface area contributed by atoms with Crippen molar-refractivity contribution in [2.75, 3.05) is 31.1 Å². The molecule has 4 aliphatic rings. The van der Waals surface area contributed by atoms with Gasteiger partial charge in [0.2, 0.25) is 5.91 Å². The summed E-state index contributed by atoms with van der Waals surface area (Å²) in [4.78, 5) is 55.1. The Bertz CT molecular complexity index is 1420. The molecule has 1 aromatic heterocycles. The van der Waals surface area contributed by atoms with E-state index in [1.807, 2.05) is 30.3 Å². The minimum atomic E-state index is -0.720. The molecule has 3 amide bonds. The van der Waals surface area contributed by atoms with Gasteiger partial charge in [-0.05, 0) is 35.7 Å². The fourth-order valence-corrected chi connectivity index (χ4v) is 6.38. The van der Waals surface area contributed by atoms with Crippen LogP contribution >= 0.6 is 0 Å². The summed E-state index contributed by atoms with van der Waals surface area (Å²) < 4.78 is 10.3. The van der Waals surface area contributed by atoms with Gasteiger partial charge in [-0.2, -0.15) is 5.26 Å². The Labute approximate surface area is 224 Å². The second kappa shape index (κ2) is 9.08. The van der Waals surface area contributed by atoms with Crippen LogP contribution in [0.5, 0.6) is 0 Å². The standard InChI is InChI=1S/C28H27N5O6/c1-15(34)30-10-24-23-8-19-7-17(3-5-22(19)33(23)27(37)39-24)18-4-6-25(31-9-18)28(14-29)20-11-32(12-21(20)28)26(36)13-38-16(2)35/h3-7,9,20-21,23-24H,8,10-13H2,1-2H3,(H,30,34)/t20-,21+,23-,24-,28?/m0/s1. The lowest BCUT2D eigenvalue weighted by Gasteiger charge is -2.22. The molecule has 5 atom stereocenters. The highest BCUT2D eigenvalue weighted by Gasteiger charge is 2.71. The number of hydrogen-bond acceptors (Lipinski definition) is 8. The fourth-order valence-electron chi connectivity index (χ4n) is 6.38. The van der Waals surface area contributed by atoms with Crippen LogP contribution in [0, 0.1) is 23.2 Å². The molecule has 0 spiro atoms. The number of esters is 1. The molecule has 1 N–H and O–H groups in total. The zero-order chi connectivity index (χ0) is 27.5. The lowest BCUT2D eigenvalue weighted by Crippen LogP contribution is -2.40. The van der Waals surface area contributed by atoms with Crippen LogP contribution in [0.25, 0.3) is 11.1 Å². The van der Waals surface area contributed by atoms with Crippen molar-refractivity contribution in [3.8, 4) is 17.2 Å². The van der Waals surface area contributed by atoms with Gasteiger partial charge in [0.15, 0.2) is 6.61 Å². The van der Waals surface area contributed by atoms with Crippen LogP contribution in [0.4, 0.5) is 10.5 Å². The smallest absolute Gasteiger partial charge is 0.415 e. The molecule has 39 heavy (non-hydrogen) atoms. The number of pyridine rings is 1. The van der Waals surface area contributed by atoms with Crippen molar-refractivity contribution >= 4 is 29.6 Å². The molecule has 6 rings (SSSR count). The van der Waals surface area contributed by atoms with Gasteiger partial charge in [-0.3, -0.25) is 24.3 Å². The summed E-state index contributed by atoms with van der Waals surface area (Å²) >= 11 is 0. The summed E-state index contributed by atoms with van der Waals surface area (Å²) in [6.45, 7) is 3.57. The molecule has 3 fully saturated rings. The van der Waals surface area contributed by atoms with Crippen LogP contribution in [0.2, 0.25) is 0 Å². The molecule has 11 heteroatoms. The molecular formula is C28H27N5O6. The number of ether oxygens (including phenoxy) is 2. The van der Waals surface area contributed by atoms with Crippen LogP contribution in [-0.4, -0.2) is 72.1 Å². The molecule has 4 heterocycles. The largest absolute Gasteiger partial charge is 0.456 e. The topological polar surface area (TPSA) is 142 Å². The number of fused-ring (bicyclic) bond motifs is 4. The summed E-state index contributed by atoms with van der Waals surface area (Å²) in [5.41, 5.74) is 3.65. The number of benzene rings is 1. The Hall–Kier alpha value is -4.46. The van der Waals surface area contributed by atoms with E-state index in [0.717, 1.165) is 22.4 Å². The van der Waals surface area contributed by atoms with Gasteiger partial charge < -0.3 is 19.7 Å². The summed E-state index contributed by atoms with van der Waals surface area (Å²) in [6.07, 6.45) is 1.57. The van der Waals surface area contributed by atoms with Gasteiger partial charge in [-0.25, -0.2) is 4.79 Å². The van der Waals surface area contributed by atoms with Crippen molar-refractivity contribution in [1.29, 1.82) is 5.26 Å². The molecule has 1 aromatic carbocycles. The molecule has 11 nitrogen and oxygen atoms in total. The summed E-state index contributed by atoms with van der Waals surface area (Å²) in [5.74, 6) is -0.919. The Morgan fingerprint density at radius 3 is 2.56 bits per heavy atom. The Morgan fingerprint density at radius 2 is 1.92 bits per heavy atom. The van der Waals surface area contributed by atoms with Crippen LogP contribution in [0.1, 0.15) is 25.1 Å². The van der Waals surface area contributed by atoms with E-state index >= 15 is 0 Å². The third-order valence-corrected chi connectivity index (χ3v) is 8.37. The molecule has 3 aliphatic heterocycles. The third-order valence-electron chi connectivity index (χ3n) is 8.37. The number of likely N-dealkylation sites (tertiary alicyclic amines) is 1. The first-order valence-corrected chi connectivity index (χ1v) is 12.9. The predicted octanol–water partition coefficient (Wildman–Crippen LogP) is 1.55. The first kappa shape index (κ1) is 24.9. The second-order valence-corrected chi connectivity index (χ2v) is 10.5. The second-order valence-electron chi connectivity index (χ2n) is 10.5. The number of aromatic nitrogens is 1. The zero-order valence-electron chi connectivity index (χ0n) is 21.5. The van der Waals surface area contributed by atoms with E-state index in [9.17, 15) is 24.4 Å². The molecule has 2 aromatic rings. The van der Waals surface area contributed by atoms with Gasteiger partial charge >= 0.3 is 12.1 Å². The summed E-state index contributed by atoms with van der Waals surface area (Å²) in [5, 5.41) is 12.8. The molecule has 0 radical (unpaired) electrons. The molecule has 200 valence electrons. The SMILES string of the molecule is CC(=O)NC[C@@H]1OC(=O)N2c3ccc(-c4ccc(C5(C#N)[C@@H]6CN(C(=O)COC(C)=O)C[C@@H]65)nc4)cc3C[C@@H]12. The van der Waals surface area contributed by atoms with E-state index in [1.54, 1.807) is 16.0 Å². The van der Waals surface area contributed by atoms with Crippen molar-refractivity contribution in [3.63, 3.8) is 0 Å². The maximum Gasteiger partial charge on any atom is 0.415 e. The Morgan fingerprint density at radius 1 is 1.18 bits per heavy atom. The lowest BCUT2D eigenvalue weighted by molar-refractivity contribution is -0.150. The van der Waals surface area contributed by atoms with E-state index in [0.29, 0.717) is 25.2 Å². The number of hydrogen-bond donors (Lipinski definition) is 1. The highest BCUT2D eigenvalue weighted by Crippen LogP contribution is 2.62. The van der Waals surface area contributed by atoms with E-state index in [2.05, 4.69) is 16.4 Å². The highest BCUT2D eigenvalue weighted by molar-refractivity contribution is 5.94. The van der Waals surface area contributed by atoms with E-state index in [-0.39, 0.29) is 42.8 Å². The number of cyclic esters (lactones) is 1. The fraction of sp³-hybridized carbons (Fsp3) is 0.429. The molecule has 0 bridgehead atoms. The maximum absolute atomic E-state index is 12.5. The van der Waals surface area contributed by atoms with E-state index < -0.39 is 23.6 Å². The first-order valence-electron chi connectivity index (χ1n) is 12.9. The number of anilines is 1. The van der Waals surface area contributed by atoms with E-state index in [1.165, 1.54) is 13.8 Å². The number of carbonyl (C=O) groups excluding carboxylic acids is 4. The van der Waals surface area contributed by atoms with E-state index in [4.69, 9.17) is 9.47 Å². The number of nitrogens with zero attached hydrogens (tertiary/aromatic N) is 4. The van der Waals surface area contributed by atoms with Crippen molar-refractivity contribution in [1.82, 2.24) is 15.2 Å². The molecule has 1 saturated carbocycles. The number of nitriles is 1. The molecular weight excluding hydrogens is 502 g/mol. The van der Waals surface area contributed by atoms with Crippen LogP contribution in [-0.2, 0) is 35.7 Å². The number of piperidine rings is 1. The summed E-state index contributed by atoms with van der Waals surface area (Å²) in [7, 11) is 0. The van der Waals surface area contributed by atoms with Crippen molar-refractivity contribution < 1.29 is 28.7 Å². The third kappa shape index (κ3) is 3.98. The van der Waals surface area contributed by atoms with Gasteiger partial charge in [-0.1, -0.05) is 12.1 Å². The minimum absolute atomic E-state index is 0.000718. The van der Waals surface area contributed by atoms with Crippen molar-refractivity contribution in [2.24, 2.45) is 11.8 Å². The van der Waals surface area contributed by atoms with Gasteiger partial charge in [0.25, 0.3) is 5.91 Å². The minimum Gasteiger partial charge on any atom is -0.456 e. The van der Waals surface area contributed by atoms with Crippen LogP contribution in [0.15, 0.2) is 36.5 Å². The van der Waals surface area contributed by atoms with Crippen molar-refractivity contribution in [2.45, 2.75) is 37.8 Å². The quantitative estimate of drug-likeness (QED) is 0.556. The first-order chi connectivity index (χ1) is 18.7. The maximum atomic E-state index is 12.5. The van der Waals surface area contributed by atoms with Gasteiger partial charge in [0.05, 0.1) is 30.0 Å². The number of rotatable bonds is 6. The zero-order valence-corrected chi connectivity index (χ0v) is 21.5. The predicted molar refractivity (Wildman–Crippen MR) is 136 cm³/mol. The normalized spacial score (nSPS) is 27.7. The average molecular weight is 530 g/mol. The Balaban J connectivity index is 1.15.